The van der Waals surface area contributed by atoms with E-state index in [1.807, 2.05) is 30.3 Å². The number of rotatable bonds is 2. The molecular formula is C18H13FINO. The van der Waals surface area contributed by atoms with E-state index in [1.165, 1.54) is 12.1 Å². The summed E-state index contributed by atoms with van der Waals surface area (Å²) in [5.74, 6) is -0.502. The second-order valence-electron chi connectivity index (χ2n) is 5.13. The standard InChI is InChI=1S/C18H13FINO/c1-11(2)18(22)21-16-8-7-13(19)9-12(16)10-17(21)14-5-3-4-6-15(14)20/h3-10H,1H2,2H3. The Bertz CT molecular complexity index is 911. The molecule has 0 N–H and O–H groups in total. The number of carbonyl (C=O) groups is 1. The first-order valence-electron chi connectivity index (χ1n) is 6.75. The van der Waals surface area contributed by atoms with Crippen LogP contribution in [0, 0.1) is 9.39 Å². The second kappa shape index (κ2) is 5.68. The Hall–Kier alpha value is -1.95. The fourth-order valence-corrected chi connectivity index (χ4v) is 3.13. The molecule has 0 spiro atoms. The van der Waals surface area contributed by atoms with Crippen LogP contribution < -0.4 is 0 Å². The largest absolute Gasteiger partial charge is 0.276 e. The Morgan fingerprint density at radius 1 is 1.18 bits per heavy atom. The van der Waals surface area contributed by atoms with Gasteiger partial charge in [0.2, 0.25) is 0 Å². The first kappa shape index (κ1) is 15.0. The fraction of sp³-hybridized carbons (Fsp3) is 0.0556. The predicted octanol–water partition coefficient (Wildman–Crippen LogP) is 5.27. The number of aromatic nitrogens is 1. The monoisotopic (exact) mass is 405 g/mol. The van der Waals surface area contributed by atoms with Crippen LogP contribution in [0.2, 0.25) is 0 Å². The molecule has 0 radical (unpaired) electrons. The number of carbonyl (C=O) groups excluding carboxylic acids is 1. The number of allylic oxidation sites excluding steroid dienone is 1. The Balaban J connectivity index is 2.38. The number of nitrogens with zero attached hydrogens (tertiary/aromatic N) is 1. The molecule has 0 saturated heterocycles. The summed E-state index contributed by atoms with van der Waals surface area (Å²) in [6, 6.07) is 14.1. The molecule has 0 amide bonds. The van der Waals surface area contributed by atoms with Gasteiger partial charge >= 0.3 is 0 Å². The number of hydrogen-bond acceptors (Lipinski definition) is 1. The summed E-state index contributed by atoms with van der Waals surface area (Å²) in [4.78, 5) is 12.6. The van der Waals surface area contributed by atoms with E-state index in [1.54, 1.807) is 17.6 Å². The van der Waals surface area contributed by atoms with Crippen molar-refractivity contribution < 1.29 is 9.18 Å². The summed E-state index contributed by atoms with van der Waals surface area (Å²) in [5, 5.41) is 0.698. The van der Waals surface area contributed by atoms with E-state index in [-0.39, 0.29) is 11.7 Å². The fourth-order valence-electron chi connectivity index (χ4n) is 2.46. The van der Waals surface area contributed by atoms with Gasteiger partial charge in [-0.15, -0.1) is 0 Å². The van der Waals surface area contributed by atoms with Gasteiger partial charge in [-0.3, -0.25) is 9.36 Å². The molecule has 1 heterocycles. The molecule has 3 aromatic rings. The zero-order valence-corrected chi connectivity index (χ0v) is 14.1. The van der Waals surface area contributed by atoms with Crippen LogP contribution in [-0.2, 0) is 0 Å². The maximum Gasteiger partial charge on any atom is 0.257 e. The van der Waals surface area contributed by atoms with Crippen molar-refractivity contribution in [1.29, 1.82) is 0 Å². The molecule has 0 fully saturated rings. The van der Waals surface area contributed by atoms with Gasteiger partial charge in [-0.05, 0) is 59.8 Å². The van der Waals surface area contributed by atoms with Crippen molar-refractivity contribution >= 4 is 39.4 Å². The molecule has 0 unspecified atom stereocenters. The molecule has 110 valence electrons. The van der Waals surface area contributed by atoms with Crippen LogP contribution in [0.5, 0.6) is 0 Å². The van der Waals surface area contributed by atoms with Gasteiger partial charge in [0.1, 0.15) is 5.82 Å². The highest BCUT2D eigenvalue weighted by molar-refractivity contribution is 14.1. The van der Waals surface area contributed by atoms with E-state index in [2.05, 4.69) is 29.2 Å². The normalized spacial score (nSPS) is 10.9. The topological polar surface area (TPSA) is 22.0 Å². The van der Waals surface area contributed by atoms with Crippen molar-refractivity contribution in [2.45, 2.75) is 6.92 Å². The SMILES string of the molecule is C=C(C)C(=O)n1c(-c2ccccc2I)cc2cc(F)ccc21. The van der Waals surface area contributed by atoms with Gasteiger partial charge in [-0.2, -0.15) is 0 Å². The van der Waals surface area contributed by atoms with Gasteiger partial charge in [0.15, 0.2) is 0 Å². The molecule has 3 rings (SSSR count). The van der Waals surface area contributed by atoms with Gasteiger partial charge in [0, 0.05) is 20.1 Å². The number of hydrogen-bond donors (Lipinski definition) is 0. The maximum absolute atomic E-state index is 13.5. The van der Waals surface area contributed by atoms with Gasteiger partial charge in [-0.25, -0.2) is 4.39 Å². The first-order chi connectivity index (χ1) is 10.5. The summed E-state index contributed by atoms with van der Waals surface area (Å²) in [7, 11) is 0. The Morgan fingerprint density at radius 2 is 1.91 bits per heavy atom. The quantitative estimate of drug-likeness (QED) is 0.421. The average Bonchev–Trinajstić information content (AvgIpc) is 2.84. The Kier molecular flexibility index (Phi) is 3.87. The molecule has 0 aliphatic rings. The zero-order valence-electron chi connectivity index (χ0n) is 11.9. The average molecular weight is 405 g/mol. The Labute approximate surface area is 141 Å². The molecule has 0 saturated carbocycles. The minimum absolute atomic E-state index is 0.184. The smallest absolute Gasteiger partial charge is 0.257 e. The second-order valence-corrected chi connectivity index (χ2v) is 6.30. The molecule has 2 nitrogen and oxygen atoms in total. The minimum Gasteiger partial charge on any atom is -0.276 e. The van der Waals surface area contributed by atoms with E-state index >= 15 is 0 Å². The van der Waals surface area contributed by atoms with Crippen molar-refractivity contribution in [2.75, 3.05) is 0 Å². The summed E-state index contributed by atoms with van der Waals surface area (Å²) >= 11 is 2.23. The van der Waals surface area contributed by atoms with E-state index in [0.717, 1.165) is 14.8 Å². The molecule has 0 atom stereocenters. The van der Waals surface area contributed by atoms with E-state index in [4.69, 9.17) is 0 Å². The molecule has 4 heteroatoms. The van der Waals surface area contributed by atoms with Crippen molar-refractivity contribution in [2.24, 2.45) is 0 Å². The highest BCUT2D eigenvalue weighted by atomic mass is 127. The van der Waals surface area contributed by atoms with E-state index < -0.39 is 0 Å². The third-order valence-corrected chi connectivity index (χ3v) is 4.42. The van der Waals surface area contributed by atoms with E-state index in [0.29, 0.717) is 16.5 Å². The van der Waals surface area contributed by atoms with Crippen LogP contribution >= 0.6 is 22.6 Å². The van der Waals surface area contributed by atoms with Gasteiger partial charge in [-0.1, -0.05) is 24.8 Å². The van der Waals surface area contributed by atoms with Crippen LogP contribution in [0.25, 0.3) is 22.2 Å². The third-order valence-electron chi connectivity index (χ3n) is 3.48. The molecule has 22 heavy (non-hydrogen) atoms. The summed E-state index contributed by atoms with van der Waals surface area (Å²) in [5.41, 5.74) is 2.81. The van der Waals surface area contributed by atoms with Crippen LogP contribution in [-0.4, -0.2) is 10.5 Å². The van der Waals surface area contributed by atoms with Crippen LogP contribution in [0.4, 0.5) is 4.39 Å². The third kappa shape index (κ3) is 2.47. The number of halogens is 2. The van der Waals surface area contributed by atoms with Gasteiger partial charge in [0.25, 0.3) is 5.91 Å². The lowest BCUT2D eigenvalue weighted by Crippen LogP contribution is -2.12. The number of fused-ring (bicyclic) bond motifs is 1. The molecular weight excluding hydrogens is 392 g/mol. The maximum atomic E-state index is 13.5. The summed E-state index contributed by atoms with van der Waals surface area (Å²) in [6.45, 7) is 5.42. The predicted molar refractivity (Wildman–Crippen MR) is 95.5 cm³/mol. The van der Waals surface area contributed by atoms with Gasteiger partial charge < -0.3 is 0 Å². The summed E-state index contributed by atoms with van der Waals surface area (Å²) < 4.78 is 16.1. The minimum atomic E-state index is -0.318. The molecule has 1 aromatic heterocycles. The van der Waals surface area contributed by atoms with Crippen molar-refractivity contribution in [3.05, 3.63) is 70.1 Å². The molecule has 2 aromatic carbocycles. The zero-order chi connectivity index (χ0) is 15.9. The van der Waals surface area contributed by atoms with Crippen molar-refractivity contribution in [3.63, 3.8) is 0 Å². The highest BCUT2D eigenvalue weighted by Crippen LogP contribution is 2.32. The molecule has 0 bridgehead atoms. The molecule has 0 aliphatic heterocycles. The van der Waals surface area contributed by atoms with Crippen LogP contribution in [0.3, 0.4) is 0 Å². The van der Waals surface area contributed by atoms with Crippen molar-refractivity contribution in [3.8, 4) is 11.3 Å². The number of benzene rings is 2. The summed E-state index contributed by atoms with van der Waals surface area (Å²) in [6.07, 6.45) is 0. The van der Waals surface area contributed by atoms with E-state index in [9.17, 15) is 9.18 Å². The van der Waals surface area contributed by atoms with Gasteiger partial charge in [0.05, 0.1) is 11.2 Å². The lowest BCUT2D eigenvalue weighted by Gasteiger charge is -2.10. The first-order valence-corrected chi connectivity index (χ1v) is 7.83. The van der Waals surface area contributed by atoms with Crippen LogP contribution in [0.1, 0.15) is 11.7 Å². The molecule has 0 aliphatic carbocycles. The van der Waals surface area contributed by atoms with Crippen LogP contribution in [0.15, 0.2) is 60.7 Å². The highest BCUT2D eigenvalue weighted by Gasteiger charge is 2.18. The lowest BCUT2D eigenvalue weighted by atomic mass is 10.1. The lowest BCUT2D eigenvalue weighted by molar-refractivity contribution is 0.0962. The Morgan fingerprint density at radius 3 is 2.59 bits per heavy atom. The van der Waals surface area contributed by atoms with Crippen molar-refractivity contribution in [1.82, 2.24) is 4.57 Å².